The highest BCUT2D eigenvalue weighted by molar-refractivity contribution is 7.52. The largest absolute Gasteiger partial charge is 0.464 e. The van der Waals surface area contributed by atoms with Crippen molar-refractivity contribution < 1.29 is 46.9 Å². The third-order valence-electron chi connectivity index (χ3n) is 8.33. The first-order valence-electron chi connectivity index (χ1n) is 16.6. The molecule has 0 amide bonds. The van der Waals surface area contributed by atoms with E-state index >= 15 is 0 Å². The molecule has 1 aromatic carbocycles. The molecule has 0 saturated carbocycles. The Morgan fingerprint density at radius 3 is 2.38 bits per heavy atom. The number of nitrogen functional groups attached to an aromatic ring is 1. The van der Waals surface area contributed by atoms with Crippen LogP contribution < -0.4 is 15.3 Å². The van der Waals surface area contributed by atoms with Gasteiger partial charge in [0.15, 0.2) is 12.2 Å². The summed E-state index contributed by atoms with van der Waals surface area (Å²) in [6, 6.07) is 13.8. The fraction of sp³-hybridized carbons (Fsp3) is 0.500. The molecule has 3 aromatic rings. The van der Waals surface area contributed by atoms with Gasteiger partial charge in [0.2, 0.25) is 5.60 Å². The van der Waals surface area contributed by atoms with E-state index in [0.717, 1.165) is 12.8 Å². The van der Waals surface area contributed by atoms with Crippen LogP contribution in [0.1, 0.15) is 72.1 Å². The number of hydrogen-bond donors (Lipinski definition) is 2. The Morgan fingerprint density at radius 1 is 1.06 bits per heavy atom. The molecule has 16 heteroatoms. The number of aromatic nitrogens is 2. The number of rotatable bonds is 17. The maximum Gasteiger partial charge on any atom is 0.459 e. The van der Waals surface area contributed by atoms with Gasteiger partial charge in [-0.3, -0.25) is 18.9 Å². The Hall–Kier alpha value is -4.48. The number of esters is 3. The van der Waals surface area contributed by atoms with Crippen molar-refractivity contribution in [3.8, 4) is 11.8 Å². The second-order valence-corrected chi connectivity index (χ2v) is 13.5. The molecule has 0 radical (unpaired) electrons. The summed E-state index contributed by atoms with van der Waals surface area (Å²) >= 11 is 0. The lowest BCUT2D eigenvalue weighted by molar-refractivity contribution is -0.169. The Bertz CT molecular complexity index is 1730. The van der Waals surface area contributed by atoms with Gasteiger partial charge in [-0.15, -0.1) is 0 Å². The number of anilines is 1. The highest BCUT2D eigenvalue weighted by Crippen LogP contribution is 2.50. The normalized spacial score (nSPS) is 22.0. The molecule has 1 aliphatic rings. The van der Waals surface area contributed by atoms with Gasteiger partial charge in [0.05, 0.1) is 23.5 Å². The number of nitrogens with zero attached hydrogens (tertiary/aromatic N) is 3. The summed E-state index contributed by atoms with van der Waals surface area (Å²) < 4.78 is 50.9. The quantitative estimate of drug-likeness (QED) is 0.107. The number of benzene rings is 1. The molecule has 1 saturated heterocycles. The monoisotopic (exact) mass is 713 g/mol. The van der Waals surface area contributed by atoms with Crippen molar-refractivity contribution in [3.05, 3.63) is 60.4 Å². The van der Waals surface area contributed by atoms with E-state index in [4.69, 9.17) is 33.7 Å². The van der Waals surface area contributed by atoms with Crippen molar-refractivity contribution in [2.75, 3.05) is 18.9 Å². The van der Waals surface area contributed by atoms with Crippen LogP contribution >= 0.6 is 7.75 Å². The number of nitriles is 1. The highest BCUT2D eigenvalue weighted by atomic mass is 31.2. The standard InChI is InChI=1S/C34H44N5O10P/c1-6-23(7-2)19-44-33(42)22(5)38-50(43,49-24-13-11-10-12-14-24)45-21-34(20-35)32(47-29(41)9-4)31(46-28(40)8-3)30(48-34)27-16-15-26-25(36)17-18-37-39(26)27/h10-18,22-23,30-32H,6-9,19,21,36H2,1-5H3,(H,38,43)/t22-,30-,31-,32-,34+,50-/m0/s1. The van der Waals surface area contributed by atoms with E-state index < -0.39 is 62.2 Å². The van der Waals surface area contributed by atoms with E-state index in [1.54, 1.807) is 50.2 Å². The van der Waals surface area contributed by atoms with Crippen LogP contribution in [-0.2, 0) is 42.4 Å². The molecule has 270 valence electrons. The number of ether oxygens (including phenoxy) is 4. The first kappa shape index (κ1) is 38.3. The number of carbonyl (C=O) groups excluding carboxylic acids is 3. The summed E-state index contributed by atoms with van der Waals surface area (Å²) in [5.74, 6) is -1.80. The maximum absolute atomic E-state index is 14.4. The van der Waals surface area contributed by atoms with Crippen LogP contribution in [0.3, 0.4) is 0 Å². The summed E-state index contributed by atoms with van der Waals surface area (Å²) in [7, 11) is -4.53. The SMILES string of the molecule is CCC(=O)O[C@H]1[C@H](c2ccc3c(N)ccnn23)O[C@](C#N)(CO[P@@](=O)(N[C@@H](C)C(=O)OCC(CC)CC)Oc2ccccc2)[C@H]1OC(=O)CC. The van der Waals surface area contributed by atoms with Crippen molar-refractivity contribution in [3.63, 3.8) is 0 Å². The minimum atomic E-state index is -4.53. The van der Waals surface area contributed by atoms with E-state index in [-0.39, 0.29) is 31.1 Å². The van der Waals surface area contributed by atoms with Crippen LogP contribution in [-0.4, -0.2) is 64.6 Å². The van der Waals surface area contributed by atoms with Gasteiger partial charge in [-0.1, -0.05) is 58.7 Å². The fourth-order valence-corrected chi connectivity index (χ4v) is 6.82. The summed E-state index contributed by atoms with van der Waals surface area (Å²) in [5.41, 5.74) is 5.17. The van der Waals surface area contributed by atoms with Gasteiger partial charge in [-0.2, -0.15) is 15.4 Å². The topological polar surface area (TPSA) is 203 Å². The summed E-state index contributed by atoms with van der Waals surface area (Å²) in [6.07, 6.45) is -1.22. The molecule has 50 heavy (non-hydrogen) atoms. The predicted molar refractivity (Wildman–Crippen MR) is 180 cm³/mol. The van der Waals surface area contributed by atoms with Crippen LogP contribution in [0.5, 0.6) is 5.75 Å². The third kappa shape index (κ3) is 8.81. The number of nitrogens with one attached hydrogen (secondary N) is 1. The van der Waals surface area contributed by atoms with E-state index in [2.05, 4.69) is 10.2 Å². The lowest BCUT2D eigenvalue weighted by atomic mass is 9.95. The second kappa shape index (κ2) is 17.0. The zero-order valence-electron chi connectivity index (χ0n) is 28.8. The summed E-state index contributed by atoms with van der Waals surface area (Å²) in [6.45, 7) is 7.89. The van der Waals surface area contributed by atoms with Crippen LogP contribution in [0.25, 0.3) is 5.52 Å². The van der Waals surface area contributed by atoms with E-state index in [0.29, 0.717) is 16.9 Å². The zero-order chi connectivity index (χ0) is 36.5. The minimum absolute atomic E-state index is 0.0386. The first-order chi connectivity index (χ1) is 23.9. The van der Waals surface area contributed by atoms with Crippen LogP contribution in [0, 0.1) is 17.2 Å². The van der Waals surface area contributed by atoms with Crippen molar-refractivity contribution in [2.24, 2.45) is 5.92 Å². The van der Waals surface area contributed by atoms with Crippen LogP contribution in [0.4, 0.5) is 5.69 Å². The molecule has 0 bridgehead atoms. The molecule has 1 aliphatic heterocycles. The van der Waals surface area contributed by atoms with Gasteiger partial charge in [-0.05, 0) is 43.2 Å². The Kier molecular flexibility index (Phi) is 13.0. The second-order valence-electron chi connectivity index (χ2n) is 11.8. The summed E-state index contributed by atoms with van der Waals surface area (Å²) in [4.78, 5) is 38.5. The highest BCUT2D eigenvalue weighted by Gasteiger charge is 2.62. The molecular formula is C34H44N5O10P. The molecule has 3 heterocycles. The Labute approximate surface area is 290 Å². The van der Waals surface area contributed by atoms with Crippen molar-refractivity contribution in [2.45, 2.75) is 90.3 Å². The van der Waals surface area contributed by atoms with Gasteiger partial charge < -0.3 is 29.2 Å². The first-order valence-corrected chi connectivity index (χ1v) is 18.1. The van der Waals surface area contributed by atoms with Gasteiger partial charge in [0.1, 0.15) is 30.6 Å². The summed E-state index contributed by atoms with van der Waals surface area (Å²) in [5, 5.41) is 17.7. The van der Waals surface area contributed by atoms with Crippen molar-refractivity contribution in [1.29, 1.82) is 5.26 Å². The van der Waals surface area contributed by atoms with Crippen LogP contribution in [0.15, 0.2) is 54.7 Å². The lowest BCUT2D eigenvalue weighted by Crippen LogP contribution is -2.49. The molecule has 0 aliphatic carbocycles. The number of para-hydroxylation sites is 1. The molecule has 2 aromatic heterocycles. The van der Waals surface area contributed by atoms with Gasteiger partial charge in [0, 0.05) is 19.0 Å². The smallest absolute Gasteiger partial charge is 0.459 e. The van der Waals surface area contributed by atoms with Crippen molar-refractivity contribution in [1.82, 2.24) is 14.7 Å². The number of fused-ring (bicyclic) bond motifs is 1. The molecule has 1 fully saturated rings. The van der Waals surface area contributed by atoms with Gasteiger partial charge >= 0.3 is 25.7 Å². The van der Waals surface area contributed by atoms with Crippen molar-refractivity contribution >= 4 is 36.9 Å². The molecule has 0 unspecified atom stereocenters. The minimum Gasteiger partial charge on any atom is -0.464 e. The average molecular weight is 714 g/mol. The predicted octanol–water partition coefficient (Wildman–Crippen LogP) is 5.05. The number of nitrogens with two attached hydrogens (primary N) is 1. The maximum atomic E-state index is 14.4. The molecule has 15 nitrogen and oxygen atoms in total. The molecule has 3 N–H and O–H groups in total. The lowest BCUT2D eigenvalue weighted by Gasteiger charge is -2.30. The Morgan fingerprint density at radius 2 is 1.74 bits per heavy atom. The third-order valence-corrected chi connectivity index (χ3v) is 9.96. The van der Waals surface area contributed by atoms with E-state index in [1.807, 2.05) is 19.9 Å². The average Bonchev–Trinajstić information content (AvgIpc) is 3.68. The molecular weight excluding hydrogens is 669 g/mol. The molecule has 0 spiro atoms. The van der Waals surface area contributed by atoms with E-state index in [1.165, 1.54) is 29.8 Å². The Balaban J connectivity index is 1.72. The number of hydrogen-bond acceptors (Lipinski definition) is 13. The van der Waals surface area contributed by atoms with Crippen LogP contribution in [0.2, 0.25) is 0 Å². The van der Waals surface area contributed by atoms with Gasteiger partial charge in [0.25, 0.3) is 0 Å². The molecule has 6 atom stereocenters. The van der Waals surface area contributed by atoms with Gasteiger partial charge in [-0.25, -0.2) is 9.08 Å². The fourth-order valence-electron chi connectivity index (χ4n) is 5.30. The molecule has 4 rings (SSSR count). The zero-order valence-corrected chi connectivity index (χ0v) is 29.7. The number of carbonyl (C=O) groups is 3. The van der Waals surface area contributed by atoms with E-state index in [9.17, 15) is 24.2 Å².